The molecule has 0 saturated heterocycles. The average Bonchev–Trinajstić information content (AvgIpc) is 2.80. The number of benzene rings is 3. The Bertz CT molecular complexity index is 1210. The molecule has 0 radical (unpaired) electrons. The monoisotopic (exact) mass is 460 g/mol. The van der Waals surface area contributed by atoms with Crippen molar-refractivity contribution in [3.05, 3.63) is 108 Å². The highest BCUT2D eigenvalue weighted by Gasteiger charge is 2.92. The van der Waals surface area contributed by atoms with E-state index in [9.17, 15) is 39.6 Å². The fourth-order valence-corrected chi connectivity index (χ4v) is 5.95. The van der Waals surface area contributed by atoms with Crippen molar-refractivity contribution in [1.29, 1.82) is 0 Å². The van der Waals surface area contributed by atoms with Gasteiger partial charge in [-0.15, -0.1) is 0 Å². The molecule has 0 aliphatic heterocycles. The van der Waals surface area contributed by atoms with Crippen LogP contribution >= 0.6 is 0 Å². The summed E-state index contributed by atoms with van der Waals surface area (Å²) in [6, 6.07) is 21.4. The largest absolute Gasteiger partial charge is 0.481 e. The molecule has 1 aliphatic carbocycles. The van der Waals surface area contributed by atoms with Crippen LogP contribution in [0.3, 0.4) is 0 Å². The zero-order valence-electron chi connectivity index (χ0n) is 17.7. The maximum absolute atomic E-state index is 13.3. The van der Waals surface area contributed by atoms with Gasteiger partial charge in [-0.3, -0.25) is 19.2 Å². The molecule has 0 spiro atoms. The molecule has 0 bridgehead atoms. The van der Waals surface area contributed by atoms with Crippen LogP contribution in [-0.4, -0.2) is 44.3 Å². The Labute approximate surface area is 193 Å². The van der Waals surface area contributed by atoms with Crippen LogP contribution in [0.25, 0.3) is 0 Å². The van der Waals surface area contributed by atoms with Gasteiger partial charge in [-0.05, 0) is 16.7 Å². The van der Waals surface area contributed by atoms with Gasteiger partial charge in [0.1, 0.15) is 22.2 Å². The standard InChI is InChI=1S/C26H20O8/c27-20(28)19-24(21(29)30,16-10-4-1-5-11-16)26(23(33)34,18-14-8-3-9-15-18)25(19,22(31)32)17-12-6-2-7-13-17/h1-15,19H,(H,27,28)(H,29,30)(H,31,32)(H,33,34). The molecule has 3 aromatic rings. The Morgan fingerprint density at radius 2 is 0.824 bits per heavy atom. The second-order valence-corrected chi connectivity index (χ2v) is 8.15. The molecule has 34 heavy (non-hydrogen) atoms. The molecule has 4 N–H and O–H groups in total. The summed E-state index contributed by atoms with van der Waals surface area (Å²) in [5, 5.41) is 42.5. The molecule has 1 aliphatic rings. The number of carboxylic acids is 4. The van der Waals surface area contributed by atoms with Gasteiger partial charge in [0, 0.05) is 0 Å². The third-order valence-corrected chi connectivity index (χ3v) is 6.96. The molecule has 3 aromatic carbocycles. The average molecular weight is 460 g/mol. The molecule has 2 atom stereocenters. The number of rotatable bonds is 7. The topological polar surface area (TPSA) is 149 Å². The van der Waals surface area contributed by atoms with Crippen LogP contribution in [0.2, 0.25) is 0 Å². The molecule has 0 heterocycles. The molecule has 0 amide bonds. The van der Waals surface area contributed by atoms with Crippen molar-refractivity contribution in [3.63, 3.8) is 0 Å². The Kier molecular flexibility index (Phi) is 5.24. The minimum Gasteiger partial charge on any atom is -0.481 e. The minimum atomic E-state index is -2.72. The van der Waals surface area contributed by atoms with Gasteiger partial charge in [0.15, 0.2) is 0 Å². The van der Waals surface area contributed by atoms with Crippen molar-refractivity contribution in [2.45, 2.75) is 16.2 Å². The predicted molar refractivity (Wildman–Crippen MR) is 118 cm³/mol. The highest BCUT2D eigenvalue weighted by atomic mass is 16.4. The molecule has 0 aromatic heterocycles. The summed E-state index contributed by atoms with van der Waals surface area (Å²) in [5.74, 6) is -9.13. The molecule has 4 rings (SSSR count). The zero-order valence-corrected chi connectivity index (χ0v) is 17.7. The van der Waals surface area contributed by atoms with Gasteiger partial charge in [-0.25, -0.2) is 0 Å². The third-order valence-electron chi connectivity index (χ3n) is 6.96. The summed E-state index contributed by atoms with van der Waals surface area (Å²) < 4.78 is 0. The lowest BCUT2D eigenvalue weighted by Gasteiger charge is -2.68. The van der Waals surface area contributed by atoms with E-state index in [4.69, 9.17) is 0 Å². The van der Waals surface area contributed by atoms with Gasteiger partial charge in [-0.1, -0.05) is 91.0 Å². The van der Waals surface area contributed by atoms with E-state index in [-0.39, 0.29) is 16.7 Å². The summed E-state index contributed by atoms with van der Waals surface area (Å²) in [6.07, 6.45) is 0. The summed E-state index contributed by atoms with van der Waals surface area (Å²) in [7, 11) is 0. The molecule has 1 saturated carbocycles. The highest BCUT2D eigenvalue weighted by molar-refractivity contribution is 6.13. The van der Waals surface area contributed by atoms with Crippen molar-refractivity contribution in [2.75, 3.05) is 0 Å². The minimum absolute atomic E-state index is 0.117. The fraction of sp³-hybridized carbons (Fsp3) is 0.154. The molecular weight excluding hydrogens is 440 g/mol. The maximum Gasteiger partial charge on any atom is 0.317 e. The highest BCUT2D eigenvalue weighted by Crippen LogP contribution is 2.73. The van der Waals surface area contributed by atoms with E-state index in [0.717, 1.165) is 0 Å². The van der Waals surface area contributed by atoms with E-state index in [0.29, 0.717) is 0 Å². The van der Waals surface area contributed by atoms with Crippen molar-refractivity contribution < 1.29 is 39.6 Å². The van der Waals surface area contributed by atoms with Crippen molar-refractivity contribution >= 4 is 23.9 Å². The second-order valence-electron chi connectivity index (χ2n) is 8.15. The number of hydrogen-bond donors (Lipinski definition) is 4. The summed E-state index contributed by atoms with van der Waals surface area (Å²) >= 11 is 0. The molecule has 8 heteroatoms. The smallest absolute Gasteiger partial charge is 0.317 e. The van der Waals surface area contributed by atoms with Crippen molar-refractivity contribution in [1.82, 2.24) is 0 Å². The second kappa shape index (κ2) is 7.84. The van der Waals surface area contributed by atoms with Gasteiger partial charge in [0.25, 0.3) is 0 Å². The summed E-state index contributed by atoms with van der Waals surface area (Å²) in [5.41, 5.74) is -8.38. The van der Waals surface area contributed by atoms with Gasteiger partial charge in [0.2, 0.25) is 0 Å². The van der Waals surface area contributed by atoms with Crippen LogP contribution in [0.5, 0.6) is 0 Å². The fourth-order valence-electron chi connectivity index (χ4n) is 5.95. The number of aliphatic carboxylic acids is 4. The lowest BCUT2D eigenvalue weighted by Crippen LogP contribution is -2.88. The van der Waals surface area contributed by atoms with Gasteiger partial charge >= 0.3 is 23.9 Å². The molecule has 1 fully saturated rings. The normalized spacial score (nSPS) is 27.8. The van der Waals surface area contributed by atoms with Crippen LogP contribution in [0.15, 0.2) is 91.0 Å². The van der Waals surface area contributed by atoms with Gasteiger partial charge in [0.05, 0.1) is 0 Å². The van der Waals surface area contributed by atoms with Gasteiger partial charge in [-0.2, -0.15) is 0 Å². The van der Waals surface area contributed by atoms with E-state index >= 15 is 0 Å². The molecular formula is C26H20O8. The Balaban J connectivity index is 2.32. The molecule has 172 valence electrons. The van der Waals surface area contributed by atoms with E-state index in [1.807, 2.05) is 0 Å². The van der Waals surface area contributed by atoms with Gasteiger partial charge < -0.3 is 20.4 Å². The van der Waals surface area contributed by atoms with Crippen LogP contribution in [0, 0.1) is 5.92 Å². The lowest BCUT2D eigenvalue weighted by atomic mass is 9.26. The first-order valence-corrected chi connectivity index (χ1v) is 10.3. The lowest BCUT2D eigenvalue weighted by molar-refractivity contribution is -0.212. The van der Waals surface area contributed by atoms with Crippen molar-refractivity contribution in [3.8, 4) is 0 Å². The van der Waals surface area contributed by atoms with Crippen LogP contribution in [0.4, 0.5) is 0 Å². The van der Waals surface area contributed by atoms with E-state index in [2.05, 4.69) is 0 Å². The Morgan fingerprint density at radius 3 is 1.09 bits per heavy atom. The first-order valence-electron chi connectivity index (χ1n) is 10.3. The Hall–Kier alpha value is -4.46. The SMILES string of the molecule is O=C(O)C1C(C(=O)O)(c2ccccc2)C(C(=O)O)(c2ccccc2)C1(C(=O)O)c1ccccc1. The third kappa shape index (κ3) is 2.42. The maximum atomic E-state index is 13.3. The first-order chi connectivity index (χ1) is 16.2. The zero-order chi connectivity index (χ0) is 24.7. The van der Waals surface area contributed by atoms with Crippen LogP contribution < -0.4 is 0 Å². The van der Waals surface area contributed by atoms with Crippen molar-refractivity contribution in [2.24, 2.45) is 5.92 Å². The number of hydrogen-bond acceptors (Lipinski definition) is 4. The van der Waals surface area contributed by atoms with E-state index < -0.39 is 46.0 Å². The summed E-state index contributed by atoms with van der Waals surface area (Å²) in [6.45, 7) is 0. The van der Waals surface area contributed by atoms with Crippen LogP contribution in [-0.2, 0) is 35.4 Å². The van der Waals surface area contributed by atoms with Crippen LogP contribution in [0.1, 0.15) is 16.7 Å². The first kappa shape index (κ1) is 22.7. The molecule has 2 unspecified atom stereocenters. The quantitative estimate of drug-likeness (QED) is 0.420. The van der Waals surface area contributed by atoms with E-state index in [1.165, 1.54) is 72.8 Å². The predicted octanol–water partition coefficient (Wildman–Crippen LogP) is 2.77. The van der Waals surface area contributed by atoms with E-state index in [1.54, 1.807) is 18.2 Å². The number of carbonyl (C=O) groups is 4. The molecule has 8 nitrogen and oxygen atoms in total. The Morgan fingerprint density at radius 1 is 0.500 bits per heavy atom. The number of carboxylic acid groups (broad SMARTS) is 4. The summed E-state index contributed by atoms with van der Waals surface area (Å²) in [4.78, 5) is 52.4.